The molecule has 0 saturated carbocycles. The number of nitrogens with one attached hydrogen (secondary N) is 1. The van der Waals surface area contributed by atoms with Crippen LogP contribution >= 0.6 is 11.6 Å². The van der Waals surface area contributed by atoms with Crippen molar-refractivity contribution in [3.8, 4) is 0 Å². The highest BCUT2D eigenvalue weighted by molar-refractivity contribution is 6.30. The molecule has 35 heavy (non-hydrogen) atoms. The maximum atomic E-state index is 12.8. The second kappa shape index (κ2) is 11.2. The molecule has 1 aliphatic rings. The number of carbonyl (C=O) groups excluding carboxylic acids is 2. The fraction of sp³-hybridized carbons (Fsp3) is 0.241. The summed E-state index contributed by atoms with van der Waals surface area (Å²) in [4.78, 5) is 29.5. The van der Waals surface area contributed by atoms with Gasteiger partial charge in [-0.05, 0) is 59.5 Å². The van der Waals surface area contributed by atoms with Crippen LogP contribution in [0.2, 0.25) is 5.02 Å². The van der Waals surface area contributed by atoms with Crippen LogP contribution in [-0.2, 0) is 4.79 Å². The molecule has 2 amide bonds. The zero-order chi connectivity index (χ0) is 24.8. The van der Waals surface area contributed by atoms with Crippen molar-refractivity contribution in [1.82, 2.24) is 4.90 Å². The van der Waals surface area contributed by atoms with Gasteiger partial charge in [0.2, 0.25) is 5.91 Å². The Morgan fingerprint density at radius 2 is 1.54 bits per heavy atom. The predicted octanol–water partition coefficient (Wildman–Crippen LogP) is 6.08. The SMILES string of the molecule is CC(C)c1ccc(/C=C/C(=O)Nc2ccccc2N2CCN(C(=O)c3ccc(Cl)cc3)CC2)cc1. The highest BCUT2D eigenvalue weighted by Gasteiger charge is 2.23. The second-order valence-corrected chi connectivity index (χ2v) is 9.38. The van der Waals surface area contributed by atoms with E-state index in [-0.39, 0.29) is 11.8 Å². The zero-order valence-electron chi connectivity index (χ0n) is 20.1. The van der Waals surface area contributed by atoms with Crippen molar-refractivity contribution in [2.75, 3.05) is 36.4 Å². The largest absolute Gasteiger partial charge is 0.366 e. The van der Waals surface area contributed by atoms with Crippen LogP contribution in [0.25, 0.3) is 6.08 Å². The minimum Gasteiger partial charge on any atom is -0.366 e. The molecule has 0 spiro atoms. The average Bonchev–Trinajstić information content (AvgIpc) is 2.88. The minimum absolute atomic E-state index is 0.00877. The standard InChI is InChI=1S/C29H30ClN3O2/c1-21(2)23-10-7-22(8-11-23)9-16-28(34)31-26-5-3-4-6-27(26)32-17-19-33(20-18-32)29(35)24-12-14-25(30)15-13-24/h3-16,21H,17-20H2,1-2H3,(H,31,34)/b16-9+. The van der Waals surface area contributed by atoms with E-state index in [1.54, 1.807) is 30.3 Å². The lowest BCUT2D eigenvalue weighted by Gasteiger charge is -2.37. The first-order valence-corrected chi connectivity index (χ1v) is 12.3. The third-order valence-corrected chi connectivity index (χ3v) is 6.44. The molecule has 1 saturated heterocycles. The van der Waals surface area contributed by atoms with E-state index in [0.717, 1.165) is 16.9 Å². The summed E-state index contributed by atoms with van der Waals surface area (Å²) in [5.74, 6) is 0.307. The average molecular weight is 488 g/mol. The number of para-hydroxylation sites is 2. The van der Waals surface area contributed by atoms with Crippen LogP contribution in [0.4, 0.5) is 11.4 Å². The molecule has 3 aromatic rings. The lowest BCUT2D eigenvalue weighted by atomic mass is 10.0. The minimum atomic E-state index is -0.179. The van der Waals surface area contributed by atoms with Gasteiger partial charge in [-0.3, -0.25) is 9.59 Å². The van der Waals surface area contributed by atoms with Crippen molar-refractivity contribution in [2.45, 2.75) is 19.8 Å². The van der Waals surface area contributed by atoms with E-state index in [0.29, 0.717) is 42.7 Å². The number of hydrogen-bond acceptors (Lipinski definition) is 3. The lowest BCUT2D eigenvalue weighted by Crippen LogP contribution is -2.49. The van der Waals surface area contributed by atoms with Crippen LogP contribution in [0, 0.1) is 0 Å². The number of anilines is 2. The number of amides is 2. The van der Waals surface area contributed by atoms with Gasteiger partial charge >= 0.3 is 0 Å². The molecular weight excluding hydrogens is 458 g/mol. The molecule has 0 aliphatic carbocycles. The summed E-state index contributed by atoms with van der Waals surface area (Å²) in [5, 5.41) is 3.63. The predicted molar refractivity (Wildman–Crippen MR) is 144 cm³/mol. The van der Waals surface area contributed by atoms with Crippen molar-refractivity contribution >= 4 is 40.9 Å². The van der Waals surface area contributed by atoms with E-state index in [9.17, 15) is 9.59 Å². The summed E-state index contributed by atoms with van der Waals surface area (Å²) in [6, 6.07) is 23.0. The van der Waals surface area contributed by atoms with Crippen molar-refractivity contribution in [3.05, 3.63) is 101 Å². The summed E-state index contributed by atoms with van der Waals surface area (Å²) in [5.41, 5.74) is 4.61. The van der Waals surface area contributed by atoms with Gasteiger partial charge in [-0.2, -0.15) is 0 Å². The Labute approximate surface area is 212 Å². The van der Waals surface area contributed by atoms with Gasteiger partial charge in [0.15, 0.2) is 0 Å². The summed E-state index contributed by atoms with van der Waals surface area (Å²) in [7, 11) is 0. The van der Waals surface area contributed by atoms with Gasteiger partial charge < -0.3 is 15.1 Å². The fourth-order valence-electron chi connectivity index (χ4n) is 4.12. The zero-order valence-corrected chi connectivity index (χ0v) is 20.8. The van der Waals surface area contributed by atoms with E-state index in [1.807, 2.05) is 47.4 Å². The molecule has 0 atom stereocenters. The van der Waals surface area contributed by atoms with Gasteiger partial charge in [-0.25, -0.2) is 0 Å². The molecule has 0 unspecified atom stereocenters. The normalized spacial score (nSPS) is 13.9. The number of halogens is 1. The molecule has 4 rings (SSSR count). The second-order valence-electron chi connectivity index (χ2n) is 8.95. The fourth-order valence-corrected chi connectivity index (χ4v) is 4.24. The molecule has 6 heteroatoms. The summed E-state index contributed by atoms with van der Waals surface area (Å²) < 4.78 is 0. The number of rotatable bonds is 6. The van der Waals surface area contributed by atoms with Crippen LogP contribution in [0.1, 0.15) is 41.3 Å². The van der Waals surface area contributed by atoms with Crippen molar-refractivity contribution in [3.63, 3.8) is 0 Å². The summed E-state index contributed by atoms with van der Waals surface area (Å²) in [6.45, 7) is 6.90. The first-order chi connectivity index (χ1) is 16.9. The van der Waals surface area contributed by atoms with Gasteiger partial charge in [-0.15, -0.1) is 0 Å². The third-order valence-electron chi connectivity index (χ3n) is 6.19. The Balaban J connectivity index is 1.37. The van der Waals surface area contributed by atoms with Gasteiger partial charge in [-0.1, -0.05) is 61.8 Å². The van der Waals surface area contributed by atoms with E-state index in [1.165, 1.54) is 5.56 Å². The van der Waals surface area contributed by atoms with Crippen molar-refractivity contribution < 1.29 is 9.59 Å². The molecule has 0 aromatic heterocycles. The highest BCUT2D eigenvalue weighted by Crippen LogP contribution is 2.27. The maximum absolute atomic E-state index is 12.8. The molecule has 180 valence electrons. The van der Waals surface area contributed by atoms with Gasteiger partial charge in [0, 0.05) is 42.8 Å². The number of nitrogens with zero attached hydrogens (tertiary/aromatic N) is 2. The number of carbonyl (C=O) groups is 2. The van der Waals surface area contributed by atoms with Crippen LogP contribution in [0.3, 0.4) is 0 Å². The van der Waals surface area contributed by atoms with Crippen LogP contribution in [0.15, 0.2) is 78.9 Å². The molecule has 1 heterocycles. The van der Waals surface area contributed by atoms with E-state index >= 15 is 0 Å². The van der Waals surface area contributed by atoms with Crippen molar-refractivity contribution in [2.24, 2.45) is 0 Å². The number of benzene rings is 3. The number of piperazine rings is 1. The molecule has 0 radical (unpaired) electrons. The smallest absolute Gasteiger partial charge is 0.253 e. The third kappa shape index (κ3) is 6.31. The summed E-state index contributed by atoms with van der Waals surface area (Å²) in [6.07, 6.45) is 3.38. The van der Waals surface area contributed by atoms with Gasteiger partial charge in [0.05, 0.1) is 11.4 Å². The van der Waals surface area contributed by atoms with Crippen LogP contribution < -0.4 is 10.2 Å². The van der Waals surface area contributed by atoms with Crippen molar-refractivity contribution in [1.29, 1.82) is 0 Å². The van der Waals surface area contributed by atoms with Gasteiger partial charge in [0.1, 0.15) is 0 Å². The Hall–Kier alpha value is -3.57. The monoisotopic (exact) mass is 487 g/mol. The molecule has 5 nitrogen and oxygen atoms in total. The number of hydrogen-bond donors (Lipinski definition) is 1. The van der Waals surface area contributed by atoms with Crippen LogP contribution in [-0.4, -0.2) is 42.9 Å². The Morgan fingerprint density at radius 1 is 0.886 bits per heavy atom. The lowest BCUT2D eigenvalue weighted by molar-refractivity contribution is -0.111. The Bertz CT molecular complexity index is 1200. The molecule has 1 aliphatic heterocycles. The molecule has 1 fully saturated rings. The maximum Gasteiger partial charge on any atom is 0.253 e. The first kappa shape index (κ1) is 24.6. The Morgan fingerprint density at radius 3 is 2.20 bits per heavy atom. The molecule has 1 N–H and O–H groups in total. The summed E-state index contributed by atoms with van der Waals surface area (Å²) >= 11 is 5.94. The quantitative estimate of drug-likeness (QED) is 0.429. The van der Waals surface area contributed by atoms with Crippen LogP contribution in [0.5, 0.6) is 0 Å². The highest BCUT2D eigenvalue weighted by atomic mass is 35.5. The van der Waals surface area contributed by atoms with Gasteiger partial charge in [0.25, 0.3) is 5.91 Å². The van der Waals surface area contributed by atoms with E-state index in [2.05, 4.69) is 36.2 Å². The first-order valence-electron chi connectivity index (χ1n) is 11.9. The van der Waals surface area contributed by atoms with E-state index < -0.39 is 0 Å². The topological polar surface area (TPSA) is 52.7 Å². The molecule has 3 aromatic carbocycles. The molecule has 0 bridgehead atoms. The van der Waals surface area contributed by atoms with E-state index in [4.69, 9.17) is 11.6 Å². The molecular formula is C29H30ClN3O2. The Kier molecular flexibility index (Phi) is 7.88.